The van der Waals surface area contributed by atoms with Crippen molar-refractivity contribution >= 4 is 28.3 Å². The van der Waals surface area contributed by atoms with Crippen molar-refractivity contribution in [3.63, 3.8) is 0 Å². The molecule has 96 valence electrons. The first-order valence-corrected chi connectivity index (χ1v) is 6.17. The van der Waals surface area contributed by atoms with Crippen molar-refractivity contribution in [3.8, 4) is 0 Å². The van der Waals surface area contributed by atoms with Gasteiger partial charge < -0.3 is 10.7 Å². The van der Waals surface area contributed by atoms with Gasteiger partial charge in [0.2, 0.25) is 0 Å². The van der Waals surface area contributed by atoms with Crippen molar-refractivity contribution in [2.45, 2.75) is 6.42 Å². The maximum atomic E-state index is 13.1. The number of hydrogen-bond donors (Lipinski definition) is 2. The van der Waals surface area contributed by atoms with Crippen LogP contribution in [0.5, 0.6) is 0 Å². The number of aromatic amines is 1. The van der Waals surface area contributed by atoms with Crippen molar-refractivity contribution in [1.82, 2.24) is 9.97 Å². The number of halogens is 2. The Hall–Kier alpha value is -2.07. The second-order valence-corrected chi connectivity index (χ2v) is 4.82. The van der Waals surface area contributed by atoms with Crippen LogP contribution in [0.3, 0.4) is 0 Å². The second kappa shape index (κ2) is 4.55. The van der Waals surface area contributed by atoms with Crippen LogP contribution in [0.25, 0.3) is 11.0 Å². The van der Waals surface area contributed by atoms with Crippen LogP contribution in [0.15, 0.2) is 36.4 Å². The van der Waals surface area contributed by atoms with Gasteiger partial charge in [0.05, 0.1) is 11.2 Å². The first-order chi connectivity index (χ1) is 9.11. The maximum Gasteiger partial charge on any atom is 0.123 e. The van der Waals surface area contributed by atoms with E-state index in [-0.39, 0.29) is 5.82 Å². The summed E-state index contributed by atoms with van der Waals surface area (Å²) in [6, 6.07) is 9.88. The molecule has 1 heterocycles. The number of nitrogen functional groups attached to an aromatic ring is 1. The molecule has 0 saturated heterocycles. The highest BCUT2D eigenvalue weighted by Gasteiger charge is 2.08. The summed E-state index contributed by atoms with van der Waals surface area (Å²) in [5, 5.41) is 0.561. The molecule has 1 aromatic heterocycles. The van der Waals surface area contributed by atoms with Crippen LogP contribution in [-0.4, -0.2) is 9.97 Å². The number of H-pyrrole nitrogens is 1. The van der Waals surface area contributed by atoms with E-state index >= 15 is 0 Å². The zero-order chi connectivity index (χ0) is 13.4. The van der Waals surface area contributed by atoms with Gasteiger partial charge in [0.25, 0.3) is 0 Å². The molecule has 3 nitrogen and oxygen atoms in total. The predicted octanol–water partition coefficient (Wildman–Crippen LogP) is 3.53. The van der Waals surface area contributed by atoms with Gasteiger partial charge in [0.15, 0.2) is 0 Å². The van der Waals surface area contributed by atoms with Gasteiger partial charge in [0.1, 0.15) is 17.2 Å². The van der Waals surface area contributed by atoms with E-state index in [2.05, 4.69) is 9.97 Å². The molecule has 0 bridgehead atoms. The van der Waals surface area contributed by atoms with Gasteiger partial charge in [-0.05, 0) is 29.8 Å². The minimum atomic E-state index is -0.254. The average Bonchev–Trinajstić information content (AvgIpc) is 2.71. The van der Waals surface area contributed by atoms with Crippen LogP contribution in [0.2, 0.25) is 5.02 Å². The molecule has 19 heavy (non-hydrogen) atoms. The third-order valence-corrected chi connectivity index (χ3v) is 3.11. The number of aromatic nitrogens is 2. The van der Waals surface area contributed by atoms with Gasteiger partial charge in [-0.15, -0.1) is 0 Å². The molecule has 3 N–H and O–H groups in total. The van der Waals surface area contributed by atoms with Crippen molar-refractivity contribution in [2.24, 2.45) is 0 Å². The topological polar surface area (TPSA) is 54.7 Å². The highest BCUT2D eigenvalue weighted by Crippen LogP contribution is 2.24. The smallest absolute Gasteiger partial charge is 0.123 e. The Morgan fingerprint density at radius 2 is 2.11 bits per heavy atom. The SMILES string of the molecule is Nc1cc(Cl)cc2[nH]c(Cc3cccc(F)c3)nc12. The fourth-order valence-corrected chi connectivity index (χ4v) is 2.31. The number of nitrogens with one attached hydrogen (secondary N) is 1. The molecular weight excluding hydrogens is 265 g/mol. The van der Waals surface area contributed by atoms with Gasteiger partial charge in [-0.3, -0.25) is 0 Å². The van der Waals surface area contributed by atoms with E-state index in [0.717, 1.165) is 16.9 Å². The van der Waals surface area contributed by atoms with Crippen LogP contribution < -0.4 is 5.73 Å². The molecule has 0 atom stereocenters. The van der Waals surface area contributed by atoms with Crippen LogP contribution in [-0.2, 0) is 6.42 Å². The van der Waals surface area contributed by atoms with E-state index in [1.165, 1.54) is 12.1 Å². The fourth-order valence-electron chi connectivity index (χ4n) is 2.08. The molecule has 0 aliphatic heterocycles. The first kappa shape index (κ1) is 12.0. The summed E-state index contributed by atoms with van der Waals surface area (Å²) >= 11 is 5.94. The number of fused-ring (bicyclic) bond motifs is 1. The third-order valence-electron chi connectivity index (χ3n) is 2.89. The van der Waals surface area contributed by atoms with E-state index in [4.69, 9.17) is 17.3 Å². The minimum absolute atomic E-state index is 0.254. The summed E-state index contributed by atoms with van der Waals surface area (Å²) in [5.74, 6) is 0.478. The van der Waals surface area contributed by atoms with Crippen LogP contribution in [0.1, 0.15) is 11.4 Å². The van der Waals surface area contributed by atoms with E-state index in [0.29, 0.717) is 22.6 Å². The largest absolute Gasteiger partial charge is 0.397 e. The van der Waals surface area contributed by atoms with Gasteiger partial charge in [-0.25, -0.2) is 9.37 Å². The zero-order valence-corrected chi connectivity index (χ0v) is 10.7. The number of imidazole rings is 1. The lowest BCUT2D eigenvalue weighted by molar-refractivity contribution is 0.626. The lowest BCUT2D eigenvalue weighted by atomic mass is 10.1. The molecule has 0 unspecified atom stereocenters. The number of anilines is 1. The quantitative estimate of drug-likeness (QED) is 0.703. The summed E-state index contributed by atoms with van der Waals surface area (Å²) in [7, 11) is 0. The lowest BCUT2D eigenvalue weighted by Gasteiger charge is -1.97. The van der Waals surface area contributed by atoms with Crippen LogP contribution in [0.4, 0.5) is 10.1 Å². The minimum Gasteiger partial charge on any atom is -0.397 e. The van der Waals surface area contributed by atoms with E-state index < -0.39 is 0 Å². The normalized spacial score (nSPS) is 11.1. The highest BCUT2D eigenvalue weighted by molar-refractivity contribution is 6.31. The Labute approximate surface area is 114 Å². The van der Waals surface area contributed by atoms with Gasteiger partial charge in [-0.1, -0.05) is 23.7 Å². The number of nitrogens with zero attached hydrogens (tertiary/aromatic N) is 1. The van der Waals surface area contributed by atoms with Gasteiger partial charge >= 0.3 is 0 Å². The Balaban J connectivity index is 2.00. The number of nitrogens with two attached hydrogens (primary N) is 1. The maximum absolute atomic E-state index is 13.1. The predicted molar refractivity (Wildman–Crippen MR) is 74.7 cm³/mol. The van der Waals surface area contributed by atoms with E-state index in [1.807, 2.05) is 6.07 Å². The molecule has 3 rings (SSSR count). The van der Waals surface area contributed by atoms with Gasteiger partial charge in [0, 0.05) is 11.4 Å². The fraction of sp³-hybridized carbons (Fsp3) is 0.0714. The first-order valence-electron chi connectivity index (χ1n) is 5.80. The molecule has 0 aliphatic carbocycles. The number of rotatable bonds is 2. The summed E-state index contributed by atoms with van der Waals surface area (Å²) in [6.07, 6.45) is 0.517. The standard InChI is InChI=1S/C14H11ClFN3/c15-9-6-11(17)14-12(7-9)18-13(19-14)5-8-2-1-3-10(16)4-8/h1-4,6-7H,5,17H2,(H,18,19). The summed E-state index contributed by atoms with van der Waals surface area (Å²) < 4.78 is 13.1. The Kier molecular flexibility index (Phi) is 2.87. The molecule has 2 aromatic carbocycles. The molecule has 0 fully saturated rings. The molecule has 0 aliphatic rings. The van der Waals surface area contributed by atoms with Crippen molar-refractivity contribution < 1.29 is 4.39 Å². The summed E-state index contributed by atoms with van der Waals surface area (Å²) in [4.78, 5) is 7.56. The monoisotopic (exact) mass is 275 g/mol. The molecule has 3 aromatic rings. The molecule has 0 radical (unpaired) electrons. The molecule has 0 amide bonds. The van der Waals surface area contributed by atoms with E-state index in [1.54, 1.807) is 18.2 Å². The lowest BCUT2D eigenvalue weighted by Crippen LogP contribution is -1.91. The molecular formula is C14H11ClFN3. The number of benzene rings is 2. The van der Waals surface area contributed by atoms with Crippen molar-refractivity contribution in [1.29, 1.82) is 0 Å². The summed E-state index contributed by atoms with van der Waals surface area (Å²) in [6.45, 7) is 0. The Bertz CT molecular complexity index is 752. The summed E-state index contributed by atoms with van der Waals surface area (Å²) in [5.41, 5.74) is 8.72. The Morgan fingerprint density at radius 3 is 2.89 bits per heavy atom. The second-order valence-electron chi connectivity index (χ2n) is 4.38. The Morgan fingerprint density at radius 1 is 1.26 bits per heavy atom. The molecule has 0 spiro atoms. The molecule has 0 saturated carbocycles. The van der Waals surface area contributed by atoms with Crippen molar-refractivity contribution in [2.75, 3.05) is 5.73 Å². The zero-order valence-electron chi connectivity index (χ0n) is 9.95. The third kappa shape index (κ3) is 2.39. The molecule has 5 heteroatoms. The van der Waals surface area contributed by atoms with Crippen LogP contribution in [0, 0.1) is 5.82 Å². The average molecular weight is 276 g/mol. The highest BCUT2D eigenvalue weighted by atomic mass is 35.5. The van der Waals surface area contributed by atoms with Crippen LogP contribution >= 0.6 is 11.6 Å². The van der Waals surface area contributed by atoms with E-state index in [9.17, 15) is 4.39 Å². The number of hydrogen-bond acceptors (Lipinski definition) is 2. The van der Waals surface area contributed by atoms with Crippen molar-refractivity contribution in [3.05, 3.63) is 58.6 Å². The van der Waals surface area contributed by atoms with Gasteiger partial charge in [-0.2, -0.15) is 0 Å².